The Bertz CT molecular complexity index is 1560. The molecule has 2 aromatic heterocycles. The minimum atomic E-state index is -1.98. The summed E-state index contributed by atoms with van der Waals surface area (Å²) in [4.78, 5) is 27.6. The van der Waals surface area contributed by atoms with E-state index >= 15 is 0 Å². The number of nitrogens with two attached hydrogens (primary N) is 1. The summed E-state index contributed by atoms with van der Waals surface area (Å²) in [7, 11) is 0. The van der Waals surface area contributed by atoms with Gasteiger partial charge in [-0.25, -0.2) is 23.2 Å². The molecule has 5 rings (SSSR count). The summed E-state index contributed by atoms with van der Waals surface area (Å²) in [5.41, 5.74) is 2.78. The van der Waals surface area contributed by atoms with Crippen LogP contribution in [0.15, 0.2) is 46.7 Å². The topological polar surface area (TPSA) is 134 Å². The number of rotatable bonds is 9. The smallest absolute Gasteiger partial charge is 0.355 e. The van der Waals surface area contributed by atoms with Gasteiger partial charge in [0, 0.05) is 22.9 Å². The largest absolute Gasteiger partial charge is 0.593 e. The Morgan fingerprint density at radius 1 is 1.21 bits per heavy atom. The number of thiazole rings is 1. The number of carboxylic acid groups (broad SMARTS) is 1. The van der Waals surface area contributed by atoms with Crippen LogP contribution in [0.5, 0.6) is 0 Å². The first kappa shape index (κ1) is 26.2. The maximum absolute atomic E-state index is 14.6. The normalized spacial score (nSPS) is 14.0. The van der Waals surface area contributed by atoms with Gasteiger partial charge in [-0.15, -0.1) is 16.5 Å². The molecule has 1 aliphatic rings. The molecule has 196 valence electrons. The van der Waals surface area contributed by atoms with E-state index < -0.39 is 34.7 Å². The second-order valence-corrected chi connectivity index (χ2v) is 11.0. The van der Waals surface area contributed by atoms with Gasteiger partial charge in [-0.2, -0.15) is 5.10 Å². The Labute approximate surface area is 223 Å². The Balaban J connectivity index is 1.70. The van der Waals surface area contributed by atoms with Crippen LogP contribution in [0.25, 0.3) is 16.4 Å². The van der Waals surface area contributed by atoms with Crippen molar-refractivity contribution in [3.63, 3.8) is 0 Å². The van der Waals surface area contributed by atoms with Gasteiger partial charge in [0.2, 0.25) is 10.0 Å². The first-order chi connectivity index (χ1) is 18.1. The average Bonchev–Trinajstić information content (AvgIpc) is 3.42. The molecule has 1 unspecified atom stereocenters. The van der Waals surface area contributed by atoms with Crippen molar-refractivity contribution < 1.29 is 28.0 Å². The van der Waals surface area contributed by atoms with E-state index in [1.807, 2.05) is 0 Å². The van der Waals surface area contributed by atoms with Gasteiger partial charge in [0.1, 0.15) is 5.82 Å². The molecule has 0 amide bonds. The summed E-state index contributed by atoms with van der Waals surface area (Å²) in [6.45, 7) is 1.27. The Morgan fingerprint density at radius 2 is 1.97 bits per heavy atom. The predicted octanol–water partition coefficient (Wildman–Crippen LogP) is 4.70. The van der Waals surface area contributed by atoms with Gasteiger partial charge in [-0.1, -0.05) is 6.07 Å². The van der Waals surface area contributed by atoms with Gasteiger partial charge in [-0.3, -0.25) is 4.79 Å². The van der Waals surface area contributed by atoms with Crippen LogP contribution in [-0.2, 0) is 24.2 Å². The summed E-state index contributed by atoms with van der Waals surface area (Å²) >= 11 is -0.858. The molecule has 1 atom stereocenters. The van der Waals surface area contributed by atoms with Gasteiger partial charge in [0.15, 0.2) is 17.3 Å². The van der Waals surface area contributed by atoms with E-state index in [9.17, 15) is 28.0 Å². The highest BCUT2D eigenvalue weighted by molar-refractivity contribution is 7.89. The van der Waals surface area contributed by atoms with E-state index in [0.717, 1.165) is 29.9 Å². The first-order valence-corrected chi connectivity index (χ1v) is 13.8. The molecule has 38 heavy (non-hydrogen) atoms. The highest BCUT2D eigenvalue weighted by atomic mass is 32.2. The minimum Gasteiger partial charge on any atom is -0.593 e. The van der Waals surface area contributed by atoms with E-state index in [0.29, 0.717) is 39.9 Å². The number of carbonyl (C=O) groups is 2. The molecule has 0 radical (unpaired) electrons. The molecular weight excluding hydrogens is 534 g/mol. The molecule has 2 aromatic carbocycles. The Morgan fingerprint density at radius 3 is 2.58 bits per heavy atom. The molecule has 4 aromatic rings. The molecule has 2 heterocycles. The molecular formula is C26H22F2N4O4S2. The maximum Gasteiger partial charge on any atom is 0.355 e. The third kappa shape index (κ3) is 5.25. The van der Waals surface area contributed by atoms with Crippen LogP contribution >= 0.6 is 11.3 Å². The van der Waals surface area contributed by atoms with Crippen LogP contribution in [0.3, 0.4) is 0 Å². The number of Topliss-reactive ketones (excluding diaryl/α,β-unsaturated/α-hetero) is 1. The van der Waals surface area contributed by atoms with Crippen molar-refractivity contribution in [1.29, 1.82) is 0 Å². The minimum absolute atomic E-state index is 0.0880. The van der Waals surface area contributed by atoms with Crippen LogP contribution < -0.4 is 5.14 Å². The van der Waals surface area contributed by atoms with Crippen molar-refractivity contribution in [3.8, 4) is 16.4 Å². The summed E-state index contributed by atoms with van der Waals surface area (Å²) < 4.78 is 42.2. The average molecular weight is 557 g/mol. The summed E-state index contributed by atoms with van der Waals surface area (Å²) in [5.74, 6) is -2.56. The van der Waals surface area contributed by atoms with Crippen molar-refractivity contribution in [2.24, 2.45) is 11.1 Å². The van der Waals surface area contributed by atoms with Crippen LogP contribution in [0.2, 0.25) is 0 Å². The number of halogens is 2. The summed E-state index contributed by atoms with van der Waals surface area (Å²) in [5, 5.41) is 21.3. The lowest BCUT2D eigenvalue weighted by Crippen LogP contribution is -2.14. The number of aromatic nitrogens is 3. The Hall–Kier alpha value is -3.45. The quantitative estimate of drug-likeness (QED) is 0.225. The number of aromatic carboxylic acids is 1. The third-order valence-corrected chi connectivity index (χ3v) is 7.95. The monoisotopic (exact) mass is 556 g/mol. The van der Waals surface area contributed by atoms with E-state index in [2.05, 4.69) is 4.98 Å². The highest BCUT2D eigenvalue weighted by Crippen LogP contribution is 2.38. The number of carboxylic acids is 1. The molecule has 1 fully saturated rings. The number of carbonyl (C=O) groups excluding carboxylic acids is 1. The van der Waals surface area contributed by atoms with Crippen molar-refractivity contribution in [2.45, 2.75) is 37.5 Å². The number of hydrogen-bond acceptors (Lipinski definition) is 7. The van der Waals surface area contributed by atoms with Crippen molar-refractivity contribution >= 4 is 34.5 Å². The lowest BCUT2D eigenvalue weighted by Gasteiger charge is -2.10. The standard InChI is InChI=1S/C26H22F2N4O4S2/c1-13(33)17-11-16(5-6-19(17)27)24-18(8-15-4-7-23(38(29)36)20(28)9-15)22(10-14-2-3-14)32(31-24)26-30-21(12-37-26)25(34)35/h4-7,9,11-12,14H,2-3,8,10,29H2,1H3,(H,34,35). The van der Waals surface area contributed by atoms with Crippen molar-refractivity contribution in [3.05, 3.63) is 81.5 Å². The third-order valence-electron chi connectivity index (χ3n) is 6.37. The molecule has 12 heteroatoms. The lowest BCUT2D eigenvalue weighted by molar-refractivity contribution is 0.0691. The van der Waals surface area contributed by atoms with Crippen molar-refractivity contribution in [1.82, 2.24) is 14.8 Å². The van der Waals surface area contributed by atoms with E-state index in [1.165, 1.54) is 42.6 Å². The number of ketones is 1. The van der Waals surface area contributed by atoms with Gasteiger partial charge in [-0.05, 0) is 68.0 Å². The van der Waals surface area contributed by atoms with E-state index in [-0.39, 0.29) is 22.6 Å². The van der Waals surface area contributed by atoms with E-state index in [4.69, 9.17) is 10.2 Å². The molecule has 0 bridgehead atoms. The maximum atomic E-state index is 14.6. The molecule has 0 aliphatic heterocycles. The van der Waals surface area contributed by atoms with Crippen molar-refractivity contribution in [2.75, 3.05) is 0 Å². The second kappa shape index (κ2) is 10.4. The fourth-order valence-electron chi connectivity index (χ4n) is 4.29. The van der Waals surface area contributed by atoms with E-state index in [1.54, 1.807) is 10.7 Å². The Kier molecular flexibility index (Phi) is 7.14. The predicted molar refractivity (Wildman–Crippen MR) is 138 cm³/mol. The first-order valence-electron chi connectivity index (χ1n) is 11.7. The molecule has 1 aliphatic carbocycles. The van der Waals surface area contributed by atoms with Gasteiger partial charge in [0.25, 0.3) is 0 Å². The molecule has 0 spiro atoms. The second-order valence-electron chi connectivity index (χ2n) is 9.14. The SMILES string of the molecule is CC(=O)c1cc(-c2nn(-c3nc(C(=O)O)cs3)c(CC3CC3)c2Cc2ccc([S+](N)[O-])c(F)c2)ccc1F. The fourth-order valence-corrected chi connectivity index (χ4v) is 5.52. The highest BCUT2D eigenvalue weighted by Gasteiger charge is 2.30. The lowest BCUT2D eigenvalue weighted by atomic mass is 9.95. The summed E-state index contributed by atoms with van der Waals surface area (Å²) in [6, 6.07) is 8.41. The molecule has 8 nitrogen and oxygen atoms in total. The van der Waals surface area contributed by atoms with Crippen LogP contribution in [0, 0.1) is 17.6 Å². The van der Waals surface area contributed by atoms with Gasteiger partial charge >= 0.3 is 5.97 Å². The number of hydrogen-bond donors (Lipinski definition) is 2. The van der Waals surface area contributed by atoms with Crippen LogP contribution in [-0.4, -0.2) is 36.2 Å². The zero-order valence-electron chi connectivity index (χ0n) is 20.1. The molecule has 3 N–H and O–H groups in total. The number of nitrogens with zero attached hydrogens (tertiary/aromatic N) is 3. The van der Waals surface area contributed by atoms with Gasteiger partial charge in [0.05, 0.1) is 28.3 Å². The number of benzene rings is 2. The zero-order chi connectivity index (χ0) is 27.1. The van der Waals surface area contributed by atoms with Crippen LogP contribution in [0.1, 0.15) is 57.4 Å². The fraction of sp³-hybridized carbons (Fsp3) is 0.231. The van der Waals surface area contributed by atoms with Crippen LogP contribution in [0.4, 0.5) is 8.78 Å². The van der Waals surface area contributed by atoms with Gasteiger partial charge < -0.3 is 9.66 Å². The molecule has 1 saturated carbocycles. The molecule has 0 saturated heterocycles. The zero-order valence-corrected chi connectivity index (χ0v) is 21.7. The summed E-state index contributed by atoms with van der Waals surface area (Å²) in [6.07, 6.45) is 2.89.